The molecule has 5 rings (SSSR count). The number of rotatable bonds is 6. The Bertz CT molecular complexity index is 1230. The maximum atomic E-state index is 6.19. The molecule has 1 aliphatic rings. The van der Waals surface area contributed by atoms with Gasteiger partial charge in [-0.1, -0.05) is 36.4 Å². The van der Waals surface area contributed by atoms with Gasteiger partial charge in [0.2, 0.25) is 0 Å². The van der Waals surface area contributed by atoms with Crippen LogP contribution in [0.1, 0.15) is 22.3 Å². The Balaban J connectivity index is 1.27. The highest BCUT2D eigenvalue weighted by molar-refractivity contribution is 6.08. The summed E-state index contributed by atoms with van der Waals surface area (Å²) in [5, 5.41) is 5.62. The fraction of sp³-hybridized carbons (Fsp3) is 0.333. The molecule has 0 atom stereocenters. The van der Waals surface area contributed by atoms with Crippen LogP contribution in [0.15, 0.2) is 54.7 Å². The van der Waals surface area contributed by atoms with Gasteiger partial charge in [-0.05, 0) is 60.6 Å². The lowest BCUT2D eigenvalue weighted by atomic mass is 10.0. The van der Waals surface area contributed by atoms with Crippen molar-refractivity contribution in [1.29, 1.82) is 0 Å². The molecule has 0 bridgehead atoms. The van der Waals surface area contributed by atoms with Crippen LogP contribution in [0, 0.1) is 6.92 Å². The number of fused-ring (bicyclic) bond motifs is 3. The zero-order chi connectivity index (χ0) is 21.9. The summed E-state index contributed by atoms with van der Waals surface area (Å²) in [4.78, 5) is 11.7. The van der Waals surface area contributed by atoms with Crippen molar-refractivity contribution < 1.29 is 0 Å². The van der Waals surface area contributed by atoms with E-state index in [9.17, 15) is 0 Å². The molecule has 1 saturated heterocycles. The Kier molecular flexibility index (Phi) is 6.02. The number of aromatic nitrogens is 2. The van der Waals surface area contributed by atoms with Crippen LogP contribution < -0.4 is 11.1 Å². The second kappa shape index (κ2) is 9.23. The van der Waals surface area contributed by atoms with Gasteiger partial charge in [0.05, 0.1) is 5.52 Å². The molecule has 3 N–H and O–H groups in total. The summed E-state index contributed by atoms with van der Waals surface area (Å²) >= 11 is 0. The van der Waals surface area contributed by atoms with Gasteiger partial charge in [-0.25, -0.2) is 4.98 Å². The number of nitrogens with zero attached hydrogens (tertiary/aromatic N) is 3. The number of piperazine rings is 1. The van der Waals surface area contributed by atoms with Crippen molar-refractivity contribution in [2.45, 2.75) is 26.2 Å². The van der Waals surface area contributed by atoms with Crippen LogP contribution in [-0.2, 0) is 19.3 Å². The molecule has 1 fully saturated rings. The van der Waals surface area contributed by atoms with E-state index in [1.807, 2.05) is 6.20 Å². The number of hydrogen-bond donors (Lipinski definition) is 2. The second-order valence-electron chi connectivity index (χ2n) is 8.92. The average Bonchev–Trinajstić information content (AvgIpc) is 2.82. The van der Waals surface area contributed by atoms with Gasteiger partial charge in [0.1, 0.15) is 5.52 Å². The summed E-state index contributed by atoms with van der Waals surface area (Å²) in [6.45, 7) is 7.77. The van der Waals surface area contributed by atoms with Gasteiger partial charge in [-0.3, -0.25) is 4.98 Å². The van der Waals surface area contributed by atoms with Gasteiger partial charge in [-0.15, -0.1) is 0 Å². The van der Waals surface area contributed by atoms with Gasteiger partial charge in [0.25, 0.3) is 0 Å². The number of nitrogen functional groups attached to an aromatic ring is 1. The third kappa shape index (κ3) is 4.59. The molecule has 3 heterocycles. The smallest absolute Gasteiger partial charge is 0.150 e. The highest BCUT2D eigenvalue weighted by Gasteiger charge is 2.10. The Morgan fingerprint density at radius 2 is 1.59 bits per heavy atom. The quantitative estimate of drug-likeness (QED) is 0.459. The number of pyridine rings is 2. The minimum Gasteiger partial charge on any atom is -0.382 e. The Morgan fingerprint density at radius 1 is 0.875 bits per heavy atom. The van der Waals surface area contributed by atoms with Gasteiger partial charge in [0, 0.05) is 49.7 Å². The highest BCUT2D eigenvalue weighted by Crippen LogP contribution is 2.28. The minimum absolute atomic E-state index is 0.501. The summed E-state index contributed by atoms with van der Waals surface area (Å²) < 4.78 is 0. The molecule has 0 saturated carbocycles. The first-order valence-electron chi connectivity index (χ1n) is 11.6. The maximum absolute atomic E-state index is 6.19. The summed E-state index contributed by atoms with van der Waals surface area (Å²) in [6, 6.07) is 17.7. The maximum Gasteiger partial charge on any atom is 0.150 e. The monoisotopic (exact) mass is 425 g/mol. The molecule has 5 heteroatoms. The molecule has 32 heavy (non-hydrogen) atoms. The van der Waals surface area contributed by atoms with E-state index in [-0.39, 0.29) is 0 Å². The predicted octanol–water partition coefficient (Wildman–Crippen LogP) is 3.91. The number of nitrogens with one attached hydrogen (secondary N) is 1. The zero-order valence-electron chi connectivity index (χ0n) is 18.8. The predicted molar refractivity (Wildman–Crippen MR) is 133 cm³/mol. The van der Waals surface area contributed by atoms with E-state index in [1.165, 1.54) is 22.3 Å². The number of benzene rings is 2. The van der Waals surface area contributed by atoms with E-state index in [4.69, 9.17) is 5.73 Å². The van der Waals surface area contributed by atoms with Crippen LogP contribution >= 0.6 is 0 Å². The molecule has 5 nitrogen and oxygen atoms in total. The molecule has 4 aromatic rings. The molecule has 2 aromatic carbocycles. The van der Waals surface area contributed by atoms with E-state index in [0.29, 0.717) is 5.82 Å². The lowest BCUT2D eigenvalue weighted by Gasteiger charge is -2.27. The first-order valence-corrected chi connectivity index (χ1v) is 11.6. The van der Waals surface area contributed by atoms with Crippen LogP contribution in [-0.4, -0.2) is 47.6 Å². The van der Waals surface area contributed by atoms with Crippen molar-refractivity contribution in [2.24, 2.45) is 0 Å². The van der Waals surface area contributed by atoms with Crippen LogP contribution in [0.2, 0.25) is 0 Å². The summed E-state index contributed by atoms with van der Waals surface area (Å²) in [7, 11) is 0. The molecular formula is C27H31N5. The van der Waals surface area contributed by atoms with Gasteiger partial charge < -0.3 is 16.0 Å². The van der Waals surface area contributed by atoms with Crippen molar-refractivity contribution in [3.8, 4) is 0 Å². The van der Waals surface area contributed by atoms with Gasteiger partial charge in [0.15, 0.2) is 5.82 Å². The van der Waals surface area contributed by atoms with Crippen molar-refractivity contribution >= 4 is 27.6 Å². The molecular weight excluding hydrogens is 394 g/mol. The first-order chi connectivity index (χ1) is 15.7. The summed E-state index contributed by atoms with van der Waals surface area (Å²) in [5.41, 5.74) is 13.1. The van der Waals surface area contributed by atoms with E-state index >= 15 is 0 Å². The third-order valence-corrected chi connectivity index (χ3v) is 6.52. The first kappa shape index (κ1) is 20.9. The molecule has 164 valence electrons. The van der Waals surface area contributed by atoms with E-state index in [0.717, 1.165) is 73.8 Å². The fourth-order valence-electron chi connectivity index (χ4n) is 4.58. The average molecular weight is 426 g/mol. The van der Waals surface area contributed by atoms with Crippen molar-refractivity contribution in [2.75, 3.05) is 38.5 Å². The molecule has 0 aliphatic carbocycles. The summed E-state index contributed by atoms with van der Waals surface area (Å²) in [6.07, 6.45) is 5.03. The largest absolute Gasteiger partial charge is 0.382 e. The van der Waals surface area contributed by atoms with Crippen LogP contribution in [0.3, 0.4) is 0 Å². The number of nitrogens with two attached hydrogens (primary N) is 1. The highest BCUT2D eigenvalue weighted by atomic mass is 15.2. The Hall–Kier alpha value is -3.02. The fourth-order valence-corrected chi connectivity index (χ4v) is 4.58. The molecule has 0 unspecified atom stereocenters. The van der Waals surface area contributed by atoms with Crippen LogP contribution in [0.4, 0.5) is 5.82 Å². The van der Waals surface area contributed by atoms with Gasteiger partial charge >= 0.3 is 0 Å². The number of hydrogen-bond acceptors (Lipinski definition) is 5. The van der Waals surface area contributed by atoms with Crippen molar-refractivity contribution in [3.05, 3.63) is 77.0 Å². The SMILES string of the molecule is Cc1ccc2c(c1)nc(N)c1ncc(CCc3ccc(CCN4CCNCC4)cc3)cc12. The lowest BCUT2D eigenvalue weighted by molar-refractivity contribution is 0.244. The molecule has 0 amide bonds. The van der Waals surface area contributed by atoms with E-state index in [1.54, 1.807) is 0 Å². The standard InChI is InChI=1S/C27H31N5/c1-19-2-9-23-24-17-22(18-30-26(24)27(28)31-25(23)16-19)8-7-20-3-5-21(6-4-20)10-13-32-14-11-29-12-15-32/h2-6,9,16-18,29H,7-8,10-15H2,1H3,(H2,28,31). The number of anilines is 1. The van der Waals surface area contributed by atoms with E-state index in [2.05, 4.69) is 75.6 Å². The Morgan fingerprint density at radius 3 is 2.38 bits per heavy atom. The molecule has 1 aliphatic heterocycles. The topological polar surface area (TPSA) is 67.1 Å². The van der Waals surface area contributed by atoms with Crippen molar-refractivity contribution in [1.82, 2.24) is 20.2 Å². The van der Waals surface area contributed by atoms with Crippen LogP contribution in [0.5, 0.6) is 0 Å². The number of aryl methyl sites for hydroxylation is 3. The minimum atomic E-state index is 0.501. The molecule has 0 radical (unpaired) electrons. The molecule has 2 aromatic heterocycles. The van der Waals surface area contributed by atoms with Gasteiger partial charge in [-0.2, -0.15) is 0 Å². The lowest BCUT2D eigenvalue weighted by Crippen LogP contribution is -2.44. The van der Waals surface area contributed by atoms with Crippen LogP contribution in [0.25, 0.3) is 21.8 Å². The van der Waals surface area contributed by atoms with Crippen molar-refractivity contribution in [3.63, 3.8) is 0 Å². The zero-order valence-corrected chi connectivity index (χ0v) is 18.8. The Labute approximate surface area is 189 Å². The summed E-state index contributed by atoms with van der Waals surface area (Å²) in [5.74, 6) is 0.501. The molecule has 0 spiro atoms. The third-order valence-electron chi connectivity index (χ3n) is 6.52. The second-order valence-corrected chi connectivity index (χ2v) is 8.92. The normalized spacial score (nSPS) is 14.9. The van der Waals surface area contributed by atoms with E-state index < -0.39 is 0 Å².